The maximum atomic E-state index is 11.7. The van der Waals surface area contributed by atoms with Crippen LogP contribution in [0.5, 0.6) is 0 Å². The van der Waals surface area contributed by atoms with Crippen LogP contribution in [0.1, 0.15) is 24.8 Å². The lowest BCUT2D eigenvalue weighted by molar-refractivity contribution is 0.0960. The summed E-state index contributed by atoms with van der Waals surface area (Å²) in [6.45, 7) is 1.02. The van der Waals surface area contributed by atoms with Crippen LogP contribution >= 0.6 is 0 Å². The van der Waals surface area contributed by atoms with Gasteiger partial charge in [-0.2, -0.15) is 0 Å². The molecule has 1 aromatic rings. The third-order valence-corrected chi connectivity index (χ3v) is 3.23. The SMILES string of the molecule is C#CC(CC1CCCO1)NC(=O)OCc1ccccc1. The minimum absolute atomic E-state index is 0.144. The van der Waals surface area contributed by atoms with Crippen LogP contribution in [0, 0.1) is 12.3 Å². The van der Waals surface area contributed by atoms with Gasteiger partial charge >= 0.3 is 6.09 Å². The van der Waals surface area contributed by atoms with Gasteiger partial charge in [-0.25, -0.2) is 4.79 Å². The van der Waals surface area contributed by atoms with E-state index >= 15 is 0 Å². The van der Waals surface area contributed by atoms with Crippen molar-refractivity contribution < 1.29 is 14.3 Å². The summed E-state index contributed by atoms with van der Waals surface area (Å²) in [7, 11) is 0. The molecule has 1 aliphatic heterocycles. The normalized spacial score (nSPS) is 19.1. The first-order chi connectivity index (χ1) is 9.78. The van der Waals surface area contributed by atoms with Gasteiger partial charge in [0.05, 0.1) is 12.1 Å². The Labute approximate surface area is 119 Å². The van der Waals surface area contributed by atoms with Gasteiger partial charge in [0.25, 0.3) is 0 Å². The number of terminal acetylenes is 1. The summed E-state index contributed by atoms with van der Waals surface area (Å²) in [6, 6.07) is 9.17. The molecule has 1 N–H and O–H groups in total. The zero-order valence-corrected chi connectivity index (χ0v) is 11.4. The summed E-state index contributed by atoms with van der Waals surface area (Å²) in [4.78, 5) is 11.7. The Hall–Kier alpha value is -1.99. The van der Waals surface area contributed by atoms with Crippen LogP contribution in [0.3, 0.4) is 0 Å². The minimum Gasteiger partial charge on any atom is -0.445 e. The highest BCUT2D eigenvalue weighted by Crippen LogP contribution is 2.16. The van der Waals surface area contributed by atoms with Gasteiger partial charge in [-0.1, -0.05) is 36.3 Å². The second-order valence-corrected chi connectivity index (χ2v) is 4.80. The molecule has 0 spiro atoms. The fourth-order valence-electron chi connectivity index (χ4n) is 2.17. The molecule has 4 heteroatoms. The standard InChI is InChI=1S/C16H19NO3/c1-2-14(11-15-9-6-10-19-15)17-16(18)20-12-13-7-4-3-5-8-13/h1,3-5,7-8,14-15H,6,9-12H2,(H,17,18). The van der Waals surface area contributed by atoms with Crippen LogP contribution in [0.2, 0.25) is 0 Å². The summed E-state index contributed by atoms with van der Waals surface area (Å²) in [5.74, 6) is 2.57. The summed E-state index contributed by atoms with van der Waals surface area (Å²) in [5.41, 5.74) is 0.944. The maximum Gasteiger partial charge on any atom is 0.408 e. The third kappa shape index (κ3) is 4.60. The van der Waals surface area contributed by atoms with Crippen molar-refractivity contribution >= 4 is 6.09 Å². The lowest BCUT2D eigenvalue weighted by atomic mass is 10.1. The summed E-state index contributed by atoms with van der Waals surface area (Å²) < 4.78 is 10.6. The molecule has 1 fully saturated rings. The summed E-state index contributed by atoms with van der Waals surface area (Å²) in [6.07, 6.45) is 7.77. The number of carbonyl (C=O) groups excluding carboxylic acids is 1. The van der Waals surface area contributed by atoms with Gasteiger partial charge < -0.3 is 14.8 Å². The molecule has 1 saturated heterocycles. The predicted octanol–water partition coefficient (Wildman–Crippen LogP) is 2.48. The van der Waals surface area contributed by atoms with Gasteiger partial charge in [0.1, 0.15) is 6.61 Å². The molecule has 0 bridgehead atoms. The Kier molecular flexibility index (Phi) is 5.45. The topological polar surface area (TPSA) is 47.6 Å². The first kappa shape index (κ1) is 14.4. The predicted molar refractivity (Wildman–Crippen MR) is 76.0 cm³/mol. The average Bonchev–Trinajstić information content (AvgIpc) is 2.98. The highest BCUT2D eigenvalue weighted by molar-refractivity contribution is 5.68. The maximum absolute atomic E-state index is 11.7. The molecule has 106 valence electrons. The van der Waals surface area contributed by atoms with E-state index in [9.17, 15) is 4.79 Å². The molecule has 0 aromatic heterocycles. The first-order valence-electron chi connectivity index (χ1n) is 6.83. The molecule has 1 aliphatic rings. The number of nitrogens with one attached hydrogen (secondary N) is 1. The van der Waals surface area contributed by atoms with Crippen molar-refractivity contribution in [3.63, 3.8) is 0 Å². The van der Waals surface area contributed by atoms with Gasteiger partial charge in [-0.05, 0) is 18.4 Å². The molecule has 0 saturated carbocycles. The lowest BCUT2D eigenvalue weighted by Gasteiger charge is -2.16. The molecular weight excluding hydrogens is 254 g/mol. The number of hydrogen-bond donors (Lipinski definition) is 1. The number of benzene rings is 1. The smallest absolute Gasteiger partial charge is 0.408 e. The van der Waals surface area contributed by atoms with Crippen LogP contribution < -0.4 is 5.32 Å². The van der Waals surface area contributed by atoms with Crippen LogP contribution in [0.15, 0.2) is 30.3 Å². The Morgan fingerprint density at radius 1 is 1.50 bits per heavy atom. The van der Waals surface area contributed by atoms with Crippen LogP contribution in [-0.4, -0.2) is 24.8 Å². The fraction of sp³-hybridized carbons (Fsp3) is 0.438. The molecule has 1 amide bonds. The molecular formula is C16H19NO3. The summed E-state index contributed by atoms with van der Waals surface area (Å²) >= 11 is 0. The number of alkyl carbamates (subject to hydrolysis) is 1. The number of amides is 1. The average molecular weight is 273 g/mol. The van der Waals surface area contributed by atoms with Crippen molar-refractivity contribution in [3.8, 4) is 12.3 Å². The molecule has 2 rings (SSSR count). The van der Waals surface area contributed by atoms with Crippen LogP contribution in [-0.2, 0) is 16.1 Å². The van der Waals surface area contributed by atoms with Crippen molar-refractivity contribution in [2.45, 2.75) is 38.0 Å². The van der Waals surface area contributed by atoms with Gasteiger partial charge in [0, 0.05) is 13.0 Å². The molecule has 1 aromatic carbocycles. The highest BCUT2D eigenvalue weighted by atomic mass is 16.5. The van der Waals surface area contributed by atoms with Gasteiger partial charge in [0.15, 0.2) is 0 Å². The van der Waals surface area contributed by atoms with Crippen molar-refractivity contribution in [1.82, 2.24) is 5.32 Å². The minimum atomic E-state index is -0.491. The molecule has 0 aliphatic carbocycles. The highest BCUT2D eigenvalue weighted by Gasteiger charge is 2.21. The molecule has 2 unspecified atom stereocenters. The monoisotopic (exact) mass is 273 g/mol. The number of carbonyl (C=O) groups is 1. The number of rotatable bonds is 5. The van der Waals surface area contributed by atoms with Crippen LogP contribution in [0.4, 0.5) is 4.79 Å². The van der Waals surface area contributed by atoms with E-state index in [4.69, 9.17) is 15.9 Å². The number of hydrogen-bond acceptors (Lipinski definition) is 3. The van der Waals surface area contributed by atoms with Crippen molar-refractivity contribution in [3.05, 3.63) is 35.9 Å². The van der Waals surface area contributed by atoms with Gasteiger partial charge in [-0.3, -0.25) is 0 Å². The molecule has 2 atom stereocenters. The van der Waals surface area contributed by atoms with E-state index in [0.717, 1.165) is 25.0 Å². The summed E-state index contributed by atoms with van der Waals surface area (Å²) in [5, 5.41) is 2.69. The molecule has 20 heavy (non-hydrogen) atoms. The molecule has 1 heterocycles. The van der Waals surface area contributed by atoms with Crippen molar-refractivity contribution in [1.29, 1.82) is 0 Å². The van der Waals surface area contributed by atoms with Crippen molar-refractivity contribution in [2.24, 2.45) is 0 Å². The van der Waals surface area contributed by atoms with E-state index < -0.39 is 6.09 Å². The Bertz CT molecular complexity index is 460. The second-order valence-electron chi connectivity index (χ2n) is 4.80. The Balaban J connectivity index is 1.73. The second kappa shape index (κ2) is 7.56. The fourth-order valence-corrected chi connectivity index (χ4v) is 2.17. The lowest BCUT2D eigenvalue weighted by Crippen LogP contribution is -2.36. The zero-order valence-electron chi connectivity index (χ0n) is 11.4. The van der Waals surface area contributed by atoms with E-state index in [1.54, 1.807) is 0 Å². The quantitative estimate of drug-likeness (QED) is 0.838. The Morgan fingerprint density at radius 2 is 2.30 bits per heavy atom. The van der Waals surface area contributed by atoms with E-state index in [0.29, 0.717) is 6.42 Å². The van der Waals surface area contributed by atoms with E-state index in [1.807, 2.05) is 30.3 Å². The van der Waals surface area contributed by atoms with Crippen molar-refractivity contribution in [2.75, 3.05) is 6.61 Å². The number of ether oxygens (including phenoxy) is 2. The van der Waals surface area contributed by atoms with E-state index in [1.165, 1.54) is 0 Å². The van der Waals surface area contributed by atoms with E-state index in [2.05, 4.69) is 11.2 Å². The van der Waals surface area contributed by atoms with Crippen LogP contribution in [0.25, 0.3) is 0 Å². The third-order valence-electron chi connectivity index (χ3n) is 3.23. The molecule has 4 nitrogen and oxygen atoms in total. The Morgan fingerprint density at radius 3 is 2.95 bits per heavy atom. The largest absolute Gasteiger partial charge is 0.445 e. The van der Waals surface area contributed by atoms with E-state index in [-0.39, 0.29) is 18.8 Å². The first-order valence-corrected chi connectivity index (χ1v) is 6.83. The van der Waals surface area contributed by atoms with Gasteiger partial charge in [0.2, 0.25) is 0 Å². The zero-order chi connectivity index (χ0) is 14.2. The molecule has 0 radical (unpaired) electrons. The van der Waals surface area contributed by atoms with Gasteiger partial charge in [-0.15, -0.1) is 6.42 Å².